The molecule has 2 N–H and O–H groups in total. The van der Waals surface area contributed by atoms with Crippen LogP contribution in [0, 0.1) is 10.1 Å². The van der Waals surface area contributed by atoms with Gasteiger partial charge in [-0.1, -0.05) is 12.1 Å². The summed E-state index contributed by atoms with van der Waals surface area (Å²) < 4.78 is 27.4. The number of nitro benzene ring substituents is 1. The van der Waals surface area contributed by atoms with E-state index in [0.717, 1.165) is 17.3 Å². The molecular formula is C19H26N4O4S. The Morgan fingerprint density at radius 2 is 1.68 bits per heavy atom. The van der Waals surface area contributed by atoms with E-state index in [0.29, 0.717) is 6.54 Å². The highest BCUT2D eigenvalue weighted by molar-refractivity contribution is 7.89. The first kappa shape index (κ1) is 21.6. The van der Waals surface area contributed by atoms with Crippen LogP contribution in [0.15, 0.2) is 47.4 Å². The molecule has 2 aromatic carbocycles. The van der Waals surface area contributed by atoms with Crippen molar-refractivity contribution >= 4 is 27.1 Å². The zero-order valence-corrected chi connectivity index (χ0v) is 17.5. The van der Waals surface area contributed by atoms with Crippen molar-refractivity contribution < 1.29 is 13.3 Å². The zero-order valence-electron chi connectivity index (χ0n) is 16.7. The molecule has 0 heterocycles. The lowest BCUT2D eigenvalue weighted by atomic mass is 10.1. The Labute approximate surface area is 165 Å². The summed E-state index contributed by atoms with van der Waals surface area (Å²) in [6.07, 6.45) is 0. The van der Waals surface area contributed by atoms with Gasteiger partial charge in [-0.3, -0.25) is 10.1 Å². The van der Waals surface area contributed by atoms with Crippen molar-refractivity contribution in [3.8, 4) is 0 Å². The Kier molecular flexibility index (Phi) is 6.30. The van der Waals surface area contributed by atoms with Gasteiger partial charge in [0, 0.05) is 37.9 Å². The number of benzene rings is 2. The number of hydrogen-bond donors (Lipinski definition) is 2. The molecule has 0 aliphatic heterocycles. The Hall–Kier alpha value is -2.65. The first-order valence-corrected chi connectivity index (χ1v) is 10.2. The highest BCUT2D eigenvalue weighted by Crippen LogP contribution is 2.28. The van der Waals surface area contributed by atoms with Crippen molar-refractivity contribution in [2.24, 2.45) is 0 Å². The number of anilines is 2. The molecule has 8 nitrogen and oxygen atoms in total. The molecule has 9 heteroatoms. The fraction of sp³-hybridized carbons (Fsp3) is 0.368. The molecular weight excluding hydrogens is 380 g/mol. The van der Waals surface area contributed by atoms with Crippen molar-refractivity contribution in [3.63, 3.8) is 0 Å². The third-order valence-corrected chi connectivity index (χ3v) is 5.61. The van der Waals surface area contributed by atoms with E-state index in [-0.39, 0.29) is 16.3 Å². The Morgan fingerprint density at radius 1 is 1.07 bits per heavy atom. The average Bonchev–Trinajstić information content (AvgIpc) is 2.58. The summed E-state index contributed by atoms with van der Waals surface area (Å²) >= 11 is 0. The smallest absolute Gasteiger partial charge is 0.293 e. The summed E-state index contributed by atoms with van der Waals surface area (Å²) in [5.74, 6) is 0. The van der Waals surface area contributed by atoms with Gasteiger partial charge >= 0.3 is 0 Å². The van der Waals surface area contributed by atoms with E-state index in [2.05, 4.69) is 10.0 Å². The molecule has 0 aliphatic carbocycles. The Morgan fingerprint density at radius 3 is 2.18 bits per heavy atom. The molecule has 2 rings (SSSR count). The molecule has 0 fully saturated rings. The lowest BCUT2D eigenvalue weighted by molar-refractivity contribution is -0.384. The van der Waals surface area contributed by atoms with Crippen LogP contribution in [0.1, 0.15) is 26.3 Å². The van der Waals surface area contributed by atoms with Gasteiger partial charge in [-0.25, -0.2) is 13.1 Å². The average molecular weight is 407 g/mol. The SMILES string of the molecule is CN(C)c1ccc(CNc2ccc(S(=O)(=O)NC(C)(C)C)cc2[N+](=O)[O-])cc1. The summed E-state index contributed by atoms with van der Waals surface area (Å²) in [4.78, 5) is 12.7. The maximum Gasteiger partial charge on any atom is 0.293 e. The third kappa shape index (κ3) is 5.67. The van der Waals surface area contributed by atoms with Crippen LogP contribution >= 0.6 is 0 Å². The normalized spacial score (nSPS) is 11.9. The molecule has 152 valence electrons. The second-order valence-corrected chi connectivity index (χ2v) is 9.39. The van der Waals surface area contributed by atoms with Crippen LogP contribution < -0.4 is 14.9 Å². The molecule has 0 amide bonds. The number of hydrogen-bond acceptors (Lipinski definition) is 6. The highest BCUT2D eigenvalue weighted by Gasteiger charge is 2.25. The van der Waals surface area contributed by atoms with Gasteiger partial charge < -0.3 is 10.2 Å². The third-order valence-electron chi connectivity index (χ3n) is 3.85. The van der Waals surface area contributed by atoms with Crippen LogP contribution in [0.4, 0.5) is 17.1 Å². The monoisotopic (exact) mass is 406 g/mol. The molecule has 28 heavy (non-hydrogen) atoms. The summed E-state index contributed by atoms with van der Waals surface area (Å²) in [5.41, 5.74) is 1.28. The van der Waals surface area contributed by atoms with E-state index >= 15 is 0 Å². The van der Waals surface area contributed by atoms with E-state index in [4.69, 9.17) is 0 Å². The van der Waals surface area contributed by atoms with Gasteiger partial charge in [0.1, 0.15) is 5.69 Å². The van der Waals surface area contributed by atoms with Crippen molar-refractivity contribution in [1.29, 1.82) is 0 Å². The summed E-state index contributed by atoms with van der Waals surface area (Å²) in [6, 6.07) is 11.6. The summed E-state index contributed by atoms with van der Waals surface area (Å²) in [6.45, 7) is 5.49. The second kappa shape index (κ2) is 8.15. The lowest BCUT2D eigenvalue weighted by Gasteiger charge is -2.20. The summed E-state index contributed by atoms with van der Waals surface area (Å²) in [7, 11) is 0.0327. The number of sulfonamides is 1. The number of nitrogens with zero attached hydrogens (tertiary/aromatic N) is 2. The highest BCUT2D eigenvalue weighted by atomic mass is 32.2. The maximum atomic E-state index is 12.4. The van der Waals surface area contributed by atoms with E-state index in [1.165, 1.54) is 12.1 Å². The molecule has 0 bridgehead atoms. The van der Waals surface area contributed by atoms with Crippen molar-refractivity contribution in [2.45, 2.75) is 37.8 Å². The predicted molar refractivity (Wildman–Crippen MR) is 111 cm³/mol. The van der Waals surface area contributed by atoms with E-state index in [1.807, 2.05) is 43.3 Å². The number of nitro groups is 1. The maximum absolute atomic E-state index is 12.4. The van der Waals surface area contributed by atoms with Crippen LogP contribution in [-0.2, 0) is 16.6 Å². The van der Waals surface area contributed by atoms with Gasteiger partial charge in [0.15, 0.2) is 0 Å². The van der Waals surface area contributed by atoms with Crippen molar-refractivity contribution in [2.75, 3.05) is 24.3 Å². The van der Waals surface area contributed by atoms with Crippen molar-refractivity contribution in [3.05, 3.63) is 58.1 Å². The quantitative estimate of drug-likeness (QED) is 0.540. The van der Waals surface area contributed by atoms with Gasteiger partial charge in [-0.15, -0.1) is 0 Å². The topological polar surface area (TPSA) is 105 Å². The molecule has 0 radical (unpaired) electrons. The fourth-order valence-electron chi connectivity index (χ4n) is 2.55. The molecule has 0 atom stereocenters. The first-order chi connectivity index (χ1) is 12.9. The van der Waals surface area contributed by atoms with Crippen LogP contribution in [0.25, 0.3) is 0 Å². The molecule has 0 saturated heterocycles. The first-order valence-electron chi connectivity index (χ1n) is 8.71. The van der Waals surface area contributed by atoms with Crippen LogP contribution in [0.5, 0.6) is 0 Å². The zero-order chi connectivity index (χ0) is 21.1. The minimum Gasteiger partial charge on any atom is -0.378 e. The van der Waals surface area contributed by atoms with E-state index < -0.39 is 20.5 Å². The minimum absolute atomic E-state index is 0.144. The van der Waals surface area contributed by atoms with Gasteiger partial charge in [0.05, 0.1) is 9.82 Å². The van der Waals surface area contributed by atoms with Gasteiger partial charge in [0.25, 0.3) is 5.69 Å². The van der Waals surface area contributed by atoms with Crippen LogP contribution in [0.3, 0.4) is 0 Å². The van der Waals surface area contributed by atoms with Gasteiger partial charge in [-0.2, -0.15) is 0 Å². The summed E-state index contributed by atoms with van der Waals surface area (Å²) in [5, 5.41) is 14.5. The molecule has 0 aliphatic rings. The molecule has 0 aromatic heterocycles. The van der Waals surface area contributed by atoms with E-state index in [1.54, 1.807) is 20.8 Å². The minimum atomic E-state index is -3.86. The lowest BCUT2D eigenvalue weighted by Crippen LogP contribution is -2.40. The van der Waals surface area contributed by atoms with Gasteiger partial charge in [-0.05, 0) is 50.6 Å². The molecule has 0 saturated carbocycles. The van der Waals surface area contributed by atoms with Crippen molar-refractivity contribution in [1.82, 2.24) is 4.72 Å². The van der Waals surface area contributed by atoms with Crippen LogP contribution in [-0.4, -0.2) is 33.0 Å². The largest absolute Gasteiger partial charge is 0.378 e. The predicted octanol–water partition coefficient (Wildman–Crippen LogP) is 3.35. The second-order valence-electron chi connectivity index (χ2n) is 7.71. The number of nitrogens with one attached hydrogen (secondary N) is 2. The van der Waals surface area contributed by atoms with Crippen LogP contribution in [0.2, 0.25) is 0 Å². The van der Waals surface area contributed by atoms with E-state index in [9.17, 15) is 18.5 Å². The Balaban J connectivity index is 2.24. The molecule has 0 spiro atoms. The molecule has 2 aromatic rings. The molecule has 0 unspecified atom stereocenters. The Bertz CT molecular complexity index is 949. The standard InChI is InChI=1S/C19H26N4O4S/c1-19(2,3)21-28(26,27)16-10-11-17(18(12-16)23(24)25)20-13-14-6-8-15(9-7-14)22(4)5/h6-12,20-21H,13H2,1-5H3. The fourth-order valence-corrected chi connectivity index (χ4v) is 3.99. The van der Waals surface area contributed by atoms with Gasteiger partial charge in [0.2, 0.25) is 10.0 Å². The number of rotatable bonds is 7.